The second-order valence-corrected chi connectivity index (χ2v) is 1.86. The van der Waals surface area contributed by atoms with E-state index < -0.39 is 0 Å². The van der Waals surface area contributed by atoms with Gasteiger partial charge in [-0.25, -0.2) is 4.57 Å². The van der Waals surface area contributed by atoms with Crippen molar-refractivity contribution in [3.63, 3.8) is 0 Å². The zero-order chi connectivity index (χ0) is 6.53. The number of hydrogen-bond acceptors (Lipinski definition) is 0. The third kappa shape index (κ3) is 2.65. The first-order valence-corrected chi connectivity index (χ1v) is 2.98. The zero-order valence-electron chi connectivity index (χ0n) is 5.73. The first kappa shape index (κ1) is 9.18. The van der Waals surface area contributed by atoms with Gasteiger partial charge < -0.3 is 0 Å². The summed E-state index contributed by atoms with van der Waals surface area (Å²) in [6, 6.07) is 6.01. The predicted molar refractivity (Wildman–Crippen MR) is 44.1 cm³/mol. The number of hydrogen-bond donors (Lipinski definition) is 0. The molecule has 0 fully saturated rings. The molecule has 0 aliphatic carbocycles. The maximum atomic E-state index is 3.64. The Bertz CT molecular complexity index is 184. The van der Waals surface area contributed by atoms with Crippen LogP contribution in [0.3, 0.4) is 0 Å². The molecule has 1 aromatic rings. The van der Waals surface area contributed by atoms with Crippen molar-refractivity contribution in [2.45, 2.75) is 6.54 Å². The number of nitrogens with zero attached hydrogens (tertiary/aromatic N) is 1. The van der Waals surface area contributed by atoms with Gasteiger partial charge in [-0.3, -0.25) is 0 Å². The molecule has 0 spiro atoms. The van der Waals surface area contributed by atoms with E-state index in [4.69, 9.17) is 0 Å². The molecule has 0 unspecified atom stereocenters. The third-order valence-corrected chi connectivity index (χ3v) is 1.12. The molecule has 0 amide bonds. The van der Waals surface area contributed by atoms with Crippen molar-refractivity contribution in [2.75, 3.05) is 0 Å². The molecule has 0 atom stereocenters. The van der Waals surface area contributed by atoms with Crippen LogP contribution in [-0.2, 0) is 6.54 Å². The highest BCUT2D eigenvalue weighted by molar-refractivity contribution is 5.85. The van der Waals surface area contributed by atoms with Gasteiger partial charge in [-0.05, 0) is 6.08 Å². The highest BCUT2D eigenvalue weighted by Gasteiger charge is 1.88. The average Bonchev–Trinajstić information content (AvgIpc) is 1.91. The van der Waals surface area contributed by atoms with Gasteiger partial charge in [0, 0.05) is 12.1 Å². The maximum absolute atomic E-state index is 3.64. The molecule has 1 heterocycles. The van der Waals surface area contributed by atoms with Gasteiger partial charge in [0.15, 0.2) is 18.9 Å². The Kier molecular flexibility index (Phi) is 4.59. The summed E-state index contributed by atoms with van der Waals surface area (Å²) in [5.41, 5.74) is 0. The maximum Gasteiger partial charge on any atom is 0.169 e. The Morgan fingerprint density at radius 2 is 1.80 bits per heavy atom. The molecule has 1 aromatic heterocycles. The quantitative estimate of drug-likeness (QED) is 0.452. The molecule has 0 N–H and O–H groups in total. The molecule has 0 aliphatic rings. The van der Waals surface area contributed by atoms with Crippen LogP contribution in [0.15, 0.2) is 43.2 Å². The molecule has 1 rings (SSSR count). The molecule has 10 heavy (non-hydrogen) atoms. The van der Waals surface area contributed by atoms with Gasteiger partial charge in [-0.15, -0.1) is 12.4 Å². The van der Waals surface area contributed by atoms with Crippen molar-refractivity contribution in [3.8, 4) is 0 Å². The summed E-state index contributed by atoms with van der Waals surface area (Å²) in [6.45, 7) is 4.52. The Balaban J connectivity index is 0.000000810. The fourth-order valence-corrected chi connectivity index (χ4v) is 0.705. The highest BCUT2D eigenvalue weighted by atomic mass is 35.5. The minimum absolute atomic E-state index is 0. The summed E-state index contributed by atoms with van der Waals surface area (Å²) in [7, 11) is 0. The molecule has 0 radical (unpaired) electrons. The number of halogens is 1. The topological polar surface area (TPSA) is 3.88 Å². The molecule has 0 saturated heterocycles. The Morgan fingerprint density at radius 1 is 1.20 bits per heavy atom. The standard InChI is InChI=1S/C8H10N.ClH/c1-2-6-9-7-4-3-5-8-9;/h2-5,7-8H,1,6H2;1H/q+1;. The van der Waals surface area contributed by atoms with E-state index in [1.165, 1.54) is 0 Å². The first-order chi connectivity index (χ1) is 4.43. The van der Waals surface area contributed by atoms with Gasteiger partial charge in [0.25, 0.3) is 0 Å². The lowest BCUT2D eigenvalue weighted by Gasteiger charge is -1.86. The Morgan fingerprint density at radius 3 is 2.30 bits per heavy atom. The molecule has 0 saturated carbocycles. The second-order valence-electron chi connectivity index (χ2n) is 1.86. The van der Waals surface area contributed by atoms with Crippen LogP contribution < -0.4 is 4.57 Å². The summed E-state index contributed by atoms with van der Waals surface area (Å²) in [4.78, 5) is 0. The van der Waals surface area contributed by atoms with Crippen LogP contribution >= 0.6 is 12.4 Å². The molecule has 0 bridgehead atoms. The van der Waals surface area contributed by atoms with Crippen molar-refractivity contribution >= 4 is 12.4 Å². The number of rotatable bonds is 2. The largest absolute Gasteiger partial charge is 0.201 e. The SMILES string of the molecule is C=CC[n+]1ccccc1.Cl. The Hall–Kier alpha value is -0.820. The van der Waals surface area contributed by atoms with Crippen molar-refractivity contribution in [1.82, 2.24) is 0 Å². The average molecular weight is 157 g/mol. The van der Waals surface area contributed by atoms with Crippen molar-refractivity contribution in [1.29, 1.82) is 0 Å². The third-order valence-electron chi connectivity index (χ3n) is 1.12. The van der Waals surface area contributed by atoms with Gasteiger partial charge in [0.1, 0.15) is 0 Å². The fourth-order valence-electron chi connectivity index (χ4n) is 0.705. The van der Waals surface area contributed by atoms with E-state index in [-0.39, 0.29) is 12.4 Å². The van der Waals surface area contributed by atoms with Crippen LogP contribution in [-0.4, -0.2) is 0 Å². The molecule has 0 aromatic carbocycles. The summed E-state index contributed by atoms with van der Waals surface area (Å²) in [5, 5.41) is 0. The van der Waals surface area contributed by atoms with Crippen LogP contribution in [0.2, 0.25) is 0 Å². The van der Waals surface area contributed by atoms with Gasteiger partial charge >= 0.3 is 0 Å². The van der Waals surface area contributed by atoms with E-state index in [1.54, 1.807) is 0 Å². The minimum atomic E-state index is 0. The lowest BCUT2D eigenvalue weighted by molar-refractivity contribution is -0.687. The van der Waals surface area contributed by atoms with Crippen molar-refractivity contribution in [3.05, 3.63) is 43.2 Å². The van der Waals surface area contributed by atoms with Gasteiger partial charge in [0.05, 0.1) is 0 Å². The zero-order valence-corrected chi connectivity index (χ0v) is 6.55. The van der Waals surface area contributed by atoms with E-state index in [2.05, 4.69) is 11.1 Å². The number of pyridine rings is 1. The molecule has 1 nitrogen and oxygen atoms in total. The first-order valence-electron chi connectivity index (χ1n) is 2.98. The monoisotopic (exact) mass is 156 g/mol. The fraction of sp³-hybridized carbons (Fsp3) is 0.125. The molecule has 2 heteroatoms. The van der Waals surface area contributed by atoms with E-state index in [0.717, 1.165) is 6.54 Å². The van der Waals surface area contributed by atoms with Crippen LogP contribution in [0.4, 0.5) is 0 Å². The van der Waals surface area contributed by atoms with Gasteiger partial charge in [-0.1, -0.05) is 12.6 Å². The molecular weight excluding hydrogens is 146 g/mol. The minimum Gasteiger partial charge on any atom is -0.201 e. The Labute approximate surface area is 67.4 Å². The van der Waals surface area contributed by atoms with Gasteiger partial charge in [-0.2, -0.15) is 0 Å². The van der Waals surface area contributed by atoms with E-state index in [9.17, 15) is 0 Å². The highest BCUT2D eigenvalue weighted by Crippen LogP contribution is 1.75. The van der Waals surface area contributed by atoms with Crippen molar-refractivity contribution < 1.29 is 4.57 Å². The van der Waals surface area contributed by atoms with Crippen LogP contribution in [0.5, 0.6) is 0 Å². The lowest BCUT2D eigenvalue weighted by Crippen LogP contribution is -2.30. The summed E-state index contributed by atoms with van der Waals surface area (Å²) < 4.78 is 2.06. The summed E-state index contributed by atoms with van der Waals surface area (Å²) >= 11 is 0. The molecule has 0 aliphatic heterocycles. The molecule has 54 valence electrons. The van der Waals surface area contributed by atoms with Crippen LogP contribution in [0, 0.1) is 0 Å². The summed E-state index contributed by atoms with van der Waals surface area (Å²) in [6.07, 6.45) is 5.91. The number of aromatic nitrogens is 1. The van der Waals surface area contributed by atoms with E-state index >= 15 is 0 Å². The van der Waals surface area contributed by atoms with E-state index in [1.807, 2.05) is 36.7 Å². The van der Waals surface area contributed by atoms with Crippen molar-refractivity contribution in [2.24, 2.45) is 0 Å². The second kappa shape index (κ2) is 5.00. The summed E-state index contributed by atoms with van der Waals surface area (Å²) in [5.74, 6) is 0. The molecular formula is C8H11ClN+. The number of allylic oxidation sites excluding steroid dienone is 1. The predicted octanol–water partition coefficient (Wildman–Crippen LogP) is 1.58. The van der Waals surface area contributed by atoms with Gasteiger partial charge in [0.2, 0.25) is 0 Å². The van der Waals surface area contributed by atoms with Crippen LogP contribution in [0.25, 0.3) is 0 Å². The van der Waals surface area contributed by atoms with Crippen LogP contribution in [0.1, 0.15) is 0 Å². The smallest absolute Gasteiger partial charge is 0.169 e. The lowest BCUT2D eigenvalue weighted by atomic mass is 10.5. The normalized spacial score (nSPS) is 8.00. The van der Waals surface area contributed by atoms with E-state index in [0.29, 0.717) is 0 Å².